The van der Waals surface area contributed by atoms with Gasteiger partial charge in [-0.25, -0.2) is 19.2 Å². The van der Waals surface area contributed by atoms with Crippen LogP contribution in [0.5, 0.6) is 5.88 Å². The lowest BCUT2D eigenvalue weighted by molar-refractivity contribution is -0.0592. The smallest absolute Gasteiger partial charge is 0.335 e. The number of aryl methyl sites for hydroxylation is 1. The van der Waals surface area contributed by atoms with Gasteiger partial charge in [-0.05, 0) is 68.8 Å². The van der Waals surface area contributed by atoms with Gasteiger partial charge in [-0.15, -0.1) is 0 Å². The number of hydrogen-bond donors (Lipinski definition) is 1. The van der Waals surface area contributed by atoms with Gasteiger partial charge < -0.3 is 19.1 Å². The van der Waals surface area contributed by atoms with Crippen molar-refractivity contribution < 1.29 is 23.8 Å². The molecule has 0 spiro atoms. The summed E-state index contributed by atoms with van der Waals surface area (Å²) in [4.78, 5) is 23.7. The number of ether oxygens (including phenoxy) is 2. The fourth-order valence-corrected chi connectivity index (χ4v) is 6.07. The number of aromatic carboxylic acids is 1. The van der Waals surface area contributed by atoms with Gasteiger partial charge in [0.25, 0.3) is 0 Å². The van der Waals surface area contributed by atoms with E-state index in [0.29, 0.717) is 30.5 Å². The number of carbonyl (C=O) groups is 1. The zero-order valence-electron chi connectivity index (χ0n) is 23.9. The van der Waals surface area contributed by atoms with Crippen LogP contribution in [0.25, 0.3) is 21.9 Å². The van der Waals surface area contributed by atoms with E-state index in [0.717, 1.165) is 72.4 Å². The minimum absolute atomic E-state index is 0.0860. The Kier molecular flexibility index (Phi) is 7.28. The Bertz CT molecular complexity index is 1800. The van der Waals surface area contributed by atoms with Gasteiger partial charge in [0, 0.05) is 42.3 Å². The first-order chi connectivity index (χ1) is 20.9. The number of hydrogen-bond acceptors (Lipinski definition) is 7. The molecule has 3 aromatic heterocycles. The number of benzene rings is 2. The molecule has 1 unspecified atom stereocenters. The van der Waals surface area contributed by atoms with Gasteiger partial charge in [0.2, 0.25) is 5.88 Å². The predicted molar refractivity (Wildman–Crippen MR) is 158 cm³/mol. The molecule has 5 aromatic rings. The van der Waals surface area contributed by atoms with Gasteiger partial charge in [-0.2, -0.15) is 5.10 Å². The minimum Gasteiger partial charge on any atom is -0.478 e. The molecular formula is C32H33FN6O4. The number of rotatable bonds is 9. The van der Waals surface area contributed by atoms with Gasteiger partial charge in [0.05, 0.1) is 47.5 Å². The van der Waals surface area contributed by atoms with Crippen molar-refractivity contribution in [3.05, 3.63) is 83.2 Å². The van der Waals surface area contributed by atoms with Crippen LogP contribution in [0.3, 0.4) is 0 Å². The topological polar surface area (TPSA) is 108 Å². The molecule has 1 N–H and O–H groups in total. The molecule has 0 amide bonds. The zero-order valence-corrected chi connectivity index (χ0v) is 23.9. The summed E-state index contributed by atoms with van der Waals surface area (Å²) < 4.78 is 30.1. The second-order valence-corrected chi connectivity index (χ2v) is 11.4. The van der Waals surface area contributed by atoms with E-state index in [9.17, 15) is 14.3 Å². The molecule has 0 radical (unpaired) electrons. The van der Waals surface area contributed by atoms with Crippen molar-refractivity contribution in [2.45, 2.75) is 51.0 Å². The van der Waals surface area contributed by atoms with E-state index in [1.54, 1.807) is 35.1 Å². The quantitative estimate of drug-likeness (QED) is 0.261. The first-order valence-corrected chi connectivity index (χ1v) is 14.7. The van der Waals surface area contributed by atoms with Crippen molar-refractivity contribution in [1.82, 2.24) is 29.2 Å². The number of likely N-dealkylation sites (tertiary alicyclic amines) is 1. The van der Waals surface area contributed by atoms with Crippen molar-refractivity contribution >= 4 is 27.9 Å². The van der Waals surface area contributed by atoms with Gasteiger partial charge in [0.15, 0.2) is 0 Å². The summed E-state index contributed by atoms with van der Waals surface area (Å²) in [5, 5.41) is 14.5. The van der Waals surface area contributed by atoms with E-state index in [1.807, 2.05) is 25.2 Å². The largest absolute Gasteiger partial charge is 0.478 e. The highest BCUT2D eigenvalue weighted by Gasteiger charge is 2.26. The number of piperidine rings is 1. The number of pyridine rings is 1. The Hall–Kier alpha value is -4.35. The Morgan fingerprint density at radius 3 is 2.70 bits per heavy atom. The van der Waals surface area contributed by atoms with Crippen LogP contribution in [0.1, 0.15) is 52.6 Å². The Labute approximate surface area is 247 Å². The van der Waals surface area contributed by atoms with Crippen LogP contribution in [0, 0.1) is 5.82 Å². The molecule has 5 heterocycles. The van der Waals surface area contributed by atoms with Crippen LogP contribution >= 0.6 is 0 Å². The maximum absolute atomic E-state index is 14.6. The van der Waals surface area contributed by atoms with Crippen LogP contribution in [0.4, 0.5) is 4.39 Å². The molecule has 7 rings (SSSR count). The van der Waals surface area contributed by atoms with Gasteiger partial charge in [0.1, 0.15) is 18.2 Å². The van der Waals surface area contributed by atoms with Crippen LogP contribution in [0.15, 0.2) is 54.7 Å². The van der Waals surface area contributed by atoms with E-state index in [-0.39, 0.29) is 24.1 Å². The van der Waals surface area contributed by atoms with Crippen LogP contribution in [0.2, 0.25) is 0 Å². The van der Waals surface area contributed by atoms with E-state index >= 15 is 0 Å². The zero-order chi connectivity index (χ0) is 29.5. The van der Waals surface area contributed by atoms with Crippen LogP contribution in [-0.2, 0) is 31.5 Å². The maximum atomic E-state index is 14.6. The summed E-state index contributed by atoms with van der Waals surface area (Å²) >= 11 is 0. The molecule has 2 fully saturated rings. The van der Waals surface area contributed by atoms with E-state index in [2.05, 4.69) is 14.6 Å². The first-order valence-electron chi connectivity index (χ1n) is 14.7. The van der Waals surface area contributed by atoms with E-state index < -0.39 is 5.97 Å². The fourth-order valence-electron chi connectivity index (χ4n) is 6.07. The molecule has 2 aliphatic rings. The molecule has 10 nitrogen and oxygen atoms in total. The van der Waals surface area contributed by atoms with Crippen molar-refractivity contribution in [3.63, 3.8) is 0 Å². The number of carboxylic acids is 1. The molecule has 0 aliphatic carbocycles. The average molecular weight is 585 g/mol. The third-order valence-corrected chi connectivity index (χ3v) is 8.66. The second kappa shape index (κ2) is 11.4. The van der Waals surface area contributed by atoms with Crippen LogP contribution in [-0.4, -0.2) is 66.1 Å². The molecule has 1 atom stereocenters. The van der Waals surface area contributed by atoms with Crippen molar-refractivity contribution in [1.29, 1.82) is 0 Å². The summed E-state index contributed by atoms with van der Waals surface area (Å²) in [7, 11) is 1.83. The van der Waals surface area contributed by atoms with E-state index in [4.69, 9.17) is 19.4 Å². The van der Waals surface area contributed by atoms with Gasteiger partial charge >= 0.3 is 5.97 Å². The first kappa shape index (κ1) is 27.5. The minimum atomic E-state index is -0.945. The standard InChI is InChI=1S/C32H33FN6O4/c1-37-28-15-23(25(33)13-22(28)16-34-37)19-43-31-4-2-3-26(36-31)20-7-10-38(11-8-20)18-30-35-27-6-5-21(32(40)41)14-29(27)39(30)17-24-9-12-42-24/h2-6,13-16,20,24H,7-12,17-19H2,1H3,(H,40,41). The highest BCUT2D eigenvalue weighted by Crippen LogP contribution is 2.30. The third-order valence-electron chi connectivity index (χ3n) is 8.66. The van der Waals surface area contributed by atoms with Crippen LogP contribution < -0.4 is 4.74 Å². The van der Waals surface area contributed by atoms with Gasteiger partial charge in [-0.1, -0.05) is 6.07 Å². The van der Waals surface area contributed by atoms with Crippen molar-refractivity contribution in [3.8, 4) is 5.88 Å². The number of fused-ring (bicyclic) bond motifs is 2. The summed E-state index contributed by atoms with van der Waals surface area (Å²) in [6, 6.07) is 14.2. The Morgan fingerprint density at radius 2 is 1.93 bits per heavy atom. The van der Waals surface area contributed by atoms with Crippen molar-refractivity contribution in [2.24, 2.45) is 7.05 Å². The number of halogens is 1. The number of aromatic nitrogens is 5. The highest BCUT2D eigenvalue weighted by molar-refractivity contribution is 5.92. The molecule has 2 aromatic carbocycles. The lowest BCUT2D eigenvalue weighted by Crippen LogP contribution is -2.35. The van der Waals surface area contributed by atoms with E-state index in [1.165, 1.54) is 6.07 Å². The predicted octanol–water partition coefficient (Wildman–Crippen LogP) is 4.90. The maximum Gasteiger partial charge on any atom is 0.335 e. The summed E-state index contributed by atoms with van der Waals surface area (Å²) in [6.07, 6.45) is 4.66. The molecule has 0 bridgehead atoms. The molecule has 2 aliphatic heterocycles. The summed E-state index contributed by atoms with van der Waals surface area (Å²) in [6.45, 7) is 3.97. The lowest BCUT2D eigenvalue weighted by atomic mass is 9.93. The normalized spacial score (nSPS) is 17.9. The molecule has 0 saturated carbocycles. The Morgan fingerprint density at radius 1 is 1.09 bits per heavy atom. The van der Waals surface area contributed by atoms with Gasteiger partial charge in [-0.3, -0.25) is 9.58 Å². The molecule has 11 heteroatoms. The Balaban J connectivity index is 1.01. The van der Waals surface area contributed by atoms with Crippen molar-refractivity contribution in [2.75, 3.05) is 19.7 Å². The molecule has 2 saturated heterocycles. The summed E-state index contributed by atoms with van der Waals surface area (Å²) in [5.74, 6) is 0.441. The number of carboxylic acid groups (broad SMARTS) is 1. The average Bonchev–Trinajstić information content (AvgIpc) is 3.52. The SMILES string of the molecule is Cn1ncc2cc(F)c(COc3cccc(C4CCN(Cc5nc6ccc(C(=O)O)cc6n5CC5CCO5)CC4)n3)cc21. The molecule has 43 heavy (non-hydrogen) atoms. The fraction of sp³-hybridized carbons (Fsp3) is 0.375. The number of nitrogens with zero attached hydrogens (tertiary/aromatic N) is 6. The third kappa shape index (κ3) is 5.57. The molecular weight excluding hydrogens is 551 g/mol. The number of imidazole rings is 1. The molecule has 222 valence electrons. The monoisotopic (exact) mass is 584 g/mol. The highest BCUT2D eigenvalue weighted by atomic mass is 19.1. The summed E-state index contributed by atoms with van der Waals surface area (Å²) in [5.41, 5.74) is 4.19. The second-order valence-electron chi connectivity index (χ2n) is 11.4. The lowest BCUT2D eigenvalue weighted by Gasteiger charge is -2.32.